The molecule has 0 aromatic heterocycles. The standard InChI is InChI=1S/C16H26O8/c1-8(2)6-12-14(20)16(23-11(5)19)15(22-10(4)18)13(24-12)7-21-9(3)17/h8,12-16,20H,6-7H2,1-5H3/t12-,13-,14+,15+,16-/m1/s1. The summed E-state index contributed by atoms with van der Waals surface area (Å²) >= 11 is 0. The lowest BCUT2D eigenvalue weighted by atomic mass is 9.90. The van der Waals surface area contributed by atoms with Crippen LogP contribution in [0.15, 0.2) is 0 Å². The van der Waals surface area contributed by atoms with Gasteiger partial charge in [-0.15, -0.1) is 0 Å². The van der Waals surface area contributed by atoms with Gasteiger partial charge in [0.05, 0.1) is 6.10 Å². The molecule has 8 nitrogen and oxygen atoms in total. The molecule has 0 radical (unpaired) electrons. The first kappa shape index (κ1) is 20.4. The number of hydrogen-bond acceptors (Lipinski definition) is 8. The summed E-state index contributed by atoms with van der Waals surface area (Å²) in [6.07, 6.45) is -4.29. The van der Waals surface area contributed by atoms with Gasteiger partial charge >= 0.3 is 17.9 Å². The summed E-state index contributed by atoms with van der Waals surface area (Å²) in [4.78, 5) is 33.9. The molecule has 138 valence electrons. The molecule has 5 atom stereocenters. The first-order chi connectivity index (χ1) is 11.1. The molecule has 0 unspecified atom stereocenters. The lowest BCUT2D eigenvalue weighted by Crippen LogP contribution is -2.61. The second kappa shape index (κ2) is 8.98. The number of carbonyl (C=O) groups is 3. The minimum Gasteiger partial charge on any atom is -0.463 e. The van der Waals surface area contributed by atoms with Gasteiger partial charge in [-0.05, 0) is 12.3 Å². The summed E-state index contributed by atoms with van der Waals surface area (Å²) in [5.41, 5.74) is 0. The molecule has 24 heavy (non-hydrogen) atoms. The molecule has 1 N–H and O–H groups in total. The zero-order chi connectivity index (χ0) is 18.4. The fraction of sp³-hybridized carbons (Fsp3) is 0.812. The van der Waals surface area contributed by atoms with Crippen LogP contribution in [0.25, 0.3) is 0 Å². The van der Waals surface area contributed by atoms with Gasteiger partial charge in [-0.2, -0.15) is 0 Å². The molecule has 0 aromatic rings. The number of aliphatic hydroxyl groups excluding tert-OH is 1. The van der Waals surface area contributed by atoms with E-state index in [9.17, 15) is 19.5 Å². The molecule has 1 saturated heterocycles. The molecule has 1 heterocycles. The molecule has 0 spiro atoms. The zero-order valence-electron chi connectivity index (χ0n) is 14.7. The van der Waals surface area contributed by atoms with Crippen molar-refractivity contribution in [3.8, 4) is 0 Å². The highest BCUT2D eigenvalue weighted by molar-refractivity contribution is 5.67. The molecule has 0 bridgehead atoms. The fourth-order valence-corrected chi connectivity index (χ4v) is 2.66. The van der Waals surface area contributed by atoms with Crippen molar-refractivity contribution >= 4 is 17.9 Å². The smallest absolute Gasteiger partial charge is 0.303 e. The molecule has 1 fully saturated rings. The van der Waals surface area contributed by atoms with Crippen molar-refractivity contribution in [1.29, 1.82) is 0 Å². The Morgan fingerprint density at radius 1 is 0.958 bits per heavy atom. The van der Waals surface area contributed by atoms with Gasteiger partial charge < -0.3 is 24.1 Å². The van der Waals surface area contributed by atoms with E-state index in [4.69, 9.17) is 18.9 Å². The molecule has 1 aliphatic heterocycles. The third-order valence-corrected chi connectivity index (χ3v) is 3.52. The molecule has 0 aliphatic carbocycles. The Morgan fingerprint density at radius 2 is 1.50 bits per heavy atom. The van der Waals surface area contributed by atoms with Crippen LogP contribution in [0.2, 0.25) is 0 Å². The van der Waals surface area contributed by atoms with Gasteiger partial charge in [0.1, 0.15) is 18.8 Å². The lowest BCUT2D eigenvalue weighted by molar-refractivity contribution is -0.249. The summed E-state index contributed by atoms with van der Waals surface area (Å²) in [7, 11) is 0. The summed E-state index contributed by atoms with van der Waals surface area (Å²) in [6.45, 7) is 7.37. The van der Waals surface area contributed by atoms with Gasteiger partial charge in [0.2, 0.25) is 0 Å². The number of esters is 3. The second-order valence-corrected chi connectivity index (χ2v) is 6.28. The summed E-state index contributed by atoms with van der Waals surface area (Å²) < 4.78 is 21.1. The van der Waals surface area contributed by atoms with Crippen molar-refractivity contribution in [2.75, 3.05) is 6.61 Å². The molecule has 8 heteroatoms. The quantitative estimate of drug-likeness (QED) is 0.550. The van der Waals surface area contributed by atoms with Crippen LogP contribution in [0.3, 0.4) is 0 Å². The zero-order valence-corrected chi connectivity index (χ0v) is 14.7. The Kier molecular flexibility index (Phi) is 7.62. The number of rotatable bonds is 6. The molecule has 0 aromatic carbocycles. The average molecular weight is 346 g/mol. The Labute approximate surface area is 141 Å². The maximum Gasteiger partial charge on any atom is 0.303 e. The maximum atomic E-state index is 11.4. The van der Waals surface area contributed by atoms with E-state index in [2.05, 4.69) is 0 Å². The van der Waals surface area contributed by atoms with E-state index in [1.54, 1.807) is 0 Å². The van der Waals surface area contributed by atoms with Crippen molar-refractivity contribution in [3.05, 3.63) is 0 Å². The van der Waals surface area contributed by atoms with Crippen LogP contribution < -0.4 is 0 Å². The van der Waals surface area contributed by atoms with Gasteiger partial charge in [-0.25, -0.2) is 0 Å². The highest BCUT2D eigenvalue weighted by Gasteiger charge is 2.49. The van der Waals surface area contributed by atoms with Crippen molar-refractivity contribution in [1.82, 2.24) is 0 Å². The van der Waals surface area contributed by atoms with Gasteiger partial charge in [0.25, 0.3) is 0 Å². The summed E-state index contributed by atoms with van der Waals surface area (Å²) in [6, 6.07) is 0. The third-order valence-electron chi connectivity index (χ3n) is 3.52. The third kappa shape index (κ3) is 6.09. The summed E-state index contributed by atoms with van der Waals surface area (Å²) in [5.74, 6) is -1.55. The number of ether oxygens (including phenoxy) is 4. The first-order valence-electron chi connectivity index (χ1n) is 7.93. The SMILES string of the molecule is CC(=O)OC[C@H]1O[C@H](CC(C)C)[C@H](O)[C@@H](OC(C)=O)[C@H]1OC(C)=O. The molecule has 0 saturated carbocycles. The van der Waals surface area contributed by atoms with Gasteiger partial charge in [0, 0.05) is 20.8 Å². The molecule has 1 rings (SSSR count). The van der Waals surface area contributed by atoms with E-state index < -0.39 is 48.4 Å². The van der Waals surface area contributed by atoms with Crippen LogP contribution in [0.4, 0.5) is 0 Å². The van der Waals surface area contributed by atoms with Crippen molar-refractivity contribution in [2.45, 2.75) is 71.6 Å². The minimum atomic E-state index is -1.16. The van der Waals surface area contributed by atoms with Crippen LogP contribution in [0.5, 0.6) is 0 Å². The predicted molar refractivity (Wildman–Crippen MR) is 81.9 cm³/mol. The second-order valence-electron chi connectivity index (χ2n) is 6.28. The molecule has 1 aliphatic rings. The Morgan fingerprint density at radius 3 is 1.96 bits per heavy atom. The predicted octanol–water partition coefficient (Wildman–Crippen LogP) is 0.587. The average Bonchev–Trinajstić information content (AvgIpc) is 2.42. The van der Waals surface area contributed by atoms with Gasteiger partial charge in [-0.3, -0.25) is 14.4 Å². The van der Waals surface area contributed by atoms with E-state index >= 15 is 0 Å². The monoisotopic (exact) mass is 346 g/mol. The van der Waals surface area contributed by atoms with E-state index in [1.807, 2.05) is 13.8 Å². The van der Waals surface area contributed by atoms with Gasteiger partial charge in [0.15, 0.2) is 12.2 Å². The number of carbonyl (C=O) groups excluding carboxylic acids is 3. The van der Waals surface area contributed by atoms with Crippen molar-refractivity contribution < 1.29 is 38.4 Å². The Bertz CT molecular complexity index is 461. The van der Waals surface area contributed by atoms with Crippen LogP contribution in [-0.2, 0) is 33.3 Å². The highest BCUT2D eigenvalue weighted by Crippen LogP contribution is 2.29. The lowest BCUT2D eigenvalue weighted by Gasteiger charge is -2.43. The Hall–Kier alpha value is -1.67. The fourth-order valence-electron chi connectivity index (χ4n) is 2.66. The minimum absolute atomic E-state index is 0.174. The van der Waals surface area contributed by atoms with Crippen LogP contribution in [0.1, 0.15) is 41.0 Å². The van der Waals surface area contributed by atoms with E-state index in [0.29, 0.717) is 6.42 Å². The van der Waals surface area contributed by atoms with Crippen LogP contribution >= 0.6 is 0 Å². The number of hydrogen-bond donors (Lipinski definition) is 1. The summed E-state index contributed by atoms with van der Waals surface area (Å²) in [5, 5.41) is 10.5. The molecular weight excluding hydrogens is 320 g/mol. The Balaban J connectivity index is 3.06. The van der Waals surface area contributed by atoms with E-state index in [1.165, 1.54) is 20.8 Å². The number of aliphatic hydroxyl groups is 1. The van der Waals surface area contributed by atoms with Crippen molar-refractivity contribution in [2.24, 2.45) is 5.92 Å². The van der Waals surface area contributed by atoms with Crippen molar-refractivity contribution in [3.63, 3.8) is 0 Å². The highest BCUT2D eigenvalue weighted by atomic mass is 16.6. The first-order valence-corrected chi connectivity index (χ1v) is 7.93. The van der Waals surface area contributed by atoms with E-state index in [-0.39, 0.29) is 12.5 Å². The maximum absolute atomic E-state index is 11.4. The molecular formula is C16H26O8. The van der Waals surface area contributed by atoms with Gasteiger partial charge in [-0.1, -0.05) is 13.8 Å². The van der Waals surface area contributed by atoms with Crippen LogP contribution in [-0.4, -0.2) is 60.1 Å². The topological polar surface area (TPSA) is 108 Å². The normalized spacial score (nSPS) is 29.9. The van der Waals surface area contributed by atoms with E-state index in [0.717, 1.165) is 0 Å². The largest absolute Gasteiger partial charge is 0.463 e. The molecule has 0 amide bonds. The van der Waals surface area contributed by atoms with Crippen LogP contribution in [0, 0.1) is 5.92 Å².